The van der Waals surface area contributed by atoms with Crippen molar-refractivity contribution in [1.82, 2.24) is 5.32 Å². The van der Waals surface area contributed by atoms with E-state index in [0.29, 0.717) is 0 Å². The molecule has 3 aromatic carbocycles. The third-order valence-corrected chi connectivity index (χ3v) is 6.04. The first-order valence-corrected chi connectivity index (χ1v) is 11.2. The van der Waals surface area contributed by atoms with Gasteiger partial charge in [-0.05, 0) is 46.4 Å². The van der Waals surface area contributed by atoms with Crippen molar-refractivity contribution in [3.05, 3.63) is 89.2 Å². The topological polar surface area (TPSA) is 105 Å². The van der Waals surface area contributed by atoms with Crippen LogP contribution in [0.2, 0.25) is 0 Å². The fraction of sp³-hybridized carbons (Fsp3) is 0.222. The molecule has 2 amide bonds. The van der Waals surface area contributed by atoms with Crippen molar-refractivity contribution < 1.29 is 28.6 Å². The Labute approximate surface area is 201 Å². The number of carboxylic acids is 1. The van der Waals surface area contributed by atoms with Crippen LogP contribution in [0.3, 0.4) is 0 Å². The van der Waals surface area contributed by atoms with Crippen LogP contribution in [0.15, 0.2) is 66.7 Å². The van der Waals surface area contributed by atoms with Gasteiger partial charge >= 0.3 is 12.1 Å². The number of ether oxygens (including phenoxy) is 1. The van der Waals surface area contributed by atoms with Gasteiger partial charge < -0.3 is 20.5 Å². The number of aromatic carboxylic acids is 1. The first-order valence-electron chi connectivity index (χ1n) is 11.2. The summed E-state index contributed by atoms with van der Waals surface area (Å²) < 4.78 is 19.6. The van der Waals surface area contributed by atoms with Crippen LogP contribution >= 0.6 is 0 Å². The van der Waals surface area contributed by atoms with Crippen LogP contribution in [0.1, 0.15) is 41.3 Å². The Morgan fingerprint density at radius 3 is 2.14 bits per heavy atom. The highest BCUT2D eigenvalue weighted by molar-refractivity contribution is 5.98. The number of alkyl carbamates (subject to hydrolysis) is 1. The molecule has 3 aromatic rings. The molecule has 0 unspecified atom stereocenters. The van der Waals surface area contributed by atoms with Gasteiger partial charge in [0.2, 0.25) is 5.91 Å². The lowest BCUT2D eigenvalue weighted by Gasteiger charge is -2.22. The second-order valence-corrected chi connectivity index (χ2v) is 8.68. The molecule has 4 rings (SSSR count). The largest absolute Gasteiger partial charge is 0.478 e. The molecule has 0 saturated carbocycles. The van der Waals surface area contributed by atoms with Crippen molar-refractivity contribution in [2.75, 3.05) is 11.9 Å². The SMILES string of the molecule is CC(C)[C@H](NC(=O)OCC1c2ccccc2-c2ccccc21)C(=O)Nc1cc(C(=O)O)ccc1F. The molecule has 1 aliphatic rings. The van der Waals surface area contributed by atoms with Gasteiger partial charge in [-0.3, -0.25) is 4.79 Å². The monoisotopic (exact) mass is 476 g/mol. The van der Waals surface area contributed by atoms with E-state index in [2.05, 4.69) is 10.6 Å². The summed E-state index contributed by atoms with van der Waals surface area (Å²) in [4.78, 5) is 36.6. The van der Waals surface area contributed by atoms with Gasteiger partial charge in [0.1, 0.15) is 18.5 Å². The summed E-state index contributed by atoms with van der Waals surface area (Å²) in [6, 6.07) is 17.9. The first-order chi connectivity index (χ1) is 16.8. The molecule has 0 radical (unpaired) electrons. The number of anilines is 1. The van der Waals surface area contributed by atoms with Crippen LogP contribution in [0, 0.1) is 11.7 Å². The van der Waals surface area contributed by atoms with Crippen molar-refractivity contribution in [2.45, 2.75) is 25.8 Å². The highest BCUT2D eigenvalue weighted by Gasteiger charge is 2.30. The highest BCUT2D eigenvalue weighted by Crippen LogP contribution is 2.44. The smallest absolute Gasteiger partial charge is 0.407 e. The molecule has 3 N–H and O–H groups in total. The van der Waals surface area contributed by atoms with Crippen LogP contribution in [0.25, 0.3) is 11.1 Å². The number of halogens is 1. The van der Waals surface area contributed by atoms with Gasteiger partial charge in [0.05, 0.1) is 11.3 Å². The number of rotatable bonds is 7. The lowest BCUT2D eigenvalue weighted by Crippen LogP contribution is -2.47. The summed E-state index contributed by atoms with van der Waals surface area (Å²) in [6.45, 7) is 3.53. The maximum Gasteiger partial charge on any atom is 0.407 e. The molecule has 0 spiro atoms. The van der Waals surface area contributed by atoms with E-state index in [0.717, 1.165) is 40.5 Å². The van der Waals surface area contributed by atoms with Crippen LogP contribution in [-0.2, 0) is 9.53 Å². The van der Waals surface area contributed by atoms with E-state index in [9.17, 15) is 18.8 Å². The minimum Gasteiger partial charge on any atom is -0.478 e. The maximum atomic E-state index is 14.1. The standard InChI is InChI=1S/C27H25FN2O5/c1-15(2)24(25(31)29-23-13-16(26(32)33)11-12-22(23)28)30-27(34)35-14-21-19-9-5-3-7-17(19)18-8-4-6-10-20(18)21/h3-13,15,21,24H,14H2,1-2H3,(H,29,31)(H,30,34)(H,32,33)/t24-/m0/s1. The van der Waals surface area contributed by atoms with Crippen LogP contribution in [0.5, 0.6) is 0 Å². The molecule has 1 aliphatic carbocycles. The minimum atomic E-state index is -1.25. The Bertz CT molecular complexity index is 1240. The lowest BCUT2D eigenvalue weighted by molar-refractivity contribution is -0.119. The van der Waals surface area contributed by atoms with Gasteiger partial charge in [0.15, 0.2) is 0 Å². The molecular weight excluding hydrogens is 451 g/mol. The summed E-state index contributed by atoms with van der Waals surface area (Å²) in [5.74, 6) is -3.20. The zero-order chi connectivity index (χ0) is 25.1. The average Bonchev–Trinajstić information content (AvgIpc) is 3.16. The van der Waals surface area contributed by atoms with Crippen molar-refractivity contribution in [2.24, 2.45) is 5.92 Å². The molecular formula is C27H25FN2O5. The third kappa shape index (κ3) is 5.01. The molecule has 0 saturated heterocycles. The summed E-state index contributed by atoms with van der Waals surface area (Å²) in [5, 5.41) is 14.0. The fourth-order valence-electron chi connectivity index (χ4n) is 4.27. The summed E-state index contributed by atoms with van der Waals surface area (Å²) in [7, 11) is 0. The second kappa shape index (κ2) is 9.97. The molecule has 8 heteroatoms. The summed E-state index contributed by atoms with van der Waals surface area (Å²) in [5.41, 5.74) is 3.87. The number of hydrogen-bond acceptors (Lipinski definition) is 4. The lowest BCUT2D eigenvalue weighted by atomic mass is 9.98. The van der Waals surface area contributed by atoms with Gasteiger partial charge in [-0.2, -0.15) is 0 Å². The van der Waals surface area contributed by atoms with Crippen molar-refractivity contribution in [3.8, 4) is 11.1 Å². The van der Waals surface area contributed by atoms with E-state index < -0.39 is 29.8 Å². The third-order valence-electron chi connectivity index (χ3n) is 6.04. The van der Waals surface area contributed by atoms with E-state index in [-0.39, 0.29) is 29.7 Å². The van der Waals surface area contributed by atoms with Crippen molar-refractivity contribution in [3.63, 3.8) is 0 Å². The average molecular weight is 477 g/mol. The van der Waals surface area contributed by atoms with Gasteiger partial charge in [0.25, 0.3) is 0 Å². The molecule has 0 fully saturated rings. The van der Waals surface area contributed by atoms with Crippen LogP contribution in [0.4, 0.5) is 14.9 Å². The number of carbonyl (C=O) groups is 3. The zero-order valence-electron chi connectivity index (χ0n) is 19.2. The molecule has 0 heterocycles. The van der Waals surface area contributed by atoms with E-state index in [1.165, 1.54) is 0 Å². The molecule has 180 valence electrons. The van der Waals surface area contributed by atoms with Crippen molar-refractivity contribution >= 4 is 23.7 Å². The molecule has 0 bridgehead atoms. The highest BCUT2D eigenvalue weighted by atomic mass is 19.1. The predicted octanol–water partition coefficient (Wildman–Crippen LogP) is 5.03. The number of carboxylic acid groups (broad SMARTS) is 1. The maximum absolute atomic E-state index is 14.1. The molecule has 0 aromatic heterocycles. The quantitative estimate of drug-likeness (QED) is 0.444. The number of nitrogens with one attached hydrogen (secondary N) is 2. The summed E-state index contributed by atoms with van der Waals surface area (Å²) >= 11 is 0. The van der Waals surface area contributed by atoms with Gasteiger partial charge in [-0.15, -0.1) is 0 Å². The van der Waals surface area contributed by atoms with Crippen LogP contribution < -0.4 is 10.6 Å². The number of fused-ring (bicyclic) bond motifs is 3. The first kappa shape index (κ1) is 23.9. The van der Waals surface area contributed by atoms with E-state index in [4.69, 9.17) is 9.84 Å². The van der Waals surface area contributed by atoms with Crippen LogP contribution in [-0.4, -0.2) is 35.7 Å². The Morgan fingerprint density at radius 1 is 0.971 bits per heavy atom. The second-order valence-electron chi connectivity index (χ2n) is 8.68. The van der Waals surface area contributed by atoms with Gasteiger partial charge in [-0.1, -0.05) is 62.4 Å². The van der Waals surface area contributed by atoms with Gasteiger partial charge in [-0.25, -0.2) is 14.0 Å². The predicted molar refractivity (Wildman–Crippen MR) is 129 cm³/mol. The molecule has 0 aliphatic heterocycles. The summed E-state index contributed by atoms with van der Waals surface area (Å²) in [6.07, 6.45) is -0.777. The fourth-order valence-corrected chi connectivity index (χ4v) is 4.27. The molecule has 1 atom stereocenters. The van der Waals surface area contributed by atoms with Gasteiger partial charge in [0, 0.05) is 5.92 Å². The zero-order valence-corrected chi connectivity index (χ0v) is 19.2. The number of hydrogen-bond donors (Lipinski definition) is 3. The van der Waals surface area contributed by atoms with E-state index >= 15 is 0 Å². The van der Waals surface area contributed by atoms with Crippen molar-refractivity contribution in [1.29, 1.82) is 0 Å². The number of carbonyl (C=O) groups excluding carboxylic acids is 2. The Hall–Kier alpha value is -4.20. The normalized spacial score (nSPS) is 13.0. The number of benzene rings is 3. The Balaban J connectivity index is 1.43. The Kier molecular flexibility index (Phi) is 6.82. The van der Waals surface area contributed by atoms with E-state index in [1.54, 1.807) is 13.8 Å². The Morgan fingerprint density at radius 2 is 1.57 bits per heavy atom. The minimum absolute atomic E-state index is 0.0849. The molecule has 7 nitrogen and oxygen atoms in total. The molecule has 35 heavy (non-hydrogen) atoms. The van der Waals surface area contributed by atoms with E-state index in [1.807, 2.05) is 48.5 Å². The number of amides is 2.